The van der Waals surface area contributed by atoms with E-state index in [1.807, 2.05) is 50.8 Å². The molecule has 1 rings (SSSR count). The lowest BCUT2D eigenvalue weighted by atomic mass is 9.98. The zero-order valence-corrected chi connectivity index (χ0v) is 13.6. The summed E-state index contributed by atoms with van der Waals surface area (Å²) in [4.78, 5) is 13.1. The van der Waals surface area contributed by atoms with E-state index in [2.05, 4.69) is 0 Å². The Labute approximate surface area is 126 Å². The Balaban J connectivity index is 3.19. The summed E-state index contributed by atoms with van der Waals surface area (Å²) in [5.41, 5.74) is 0.664. The highest BCUT2D eigenvalue weighted by Gasteiger charge is 2.30. The van der Waals surface area contributed by atoms with Gasteiger partial charge in [0.2, 0.25) is 0 Å². The zero-order valence-electron chi connectivity index (χ0n) is 13.6. The molecule has 0 aliphatic carbocycles. The van der Waals surface area contributed by atoms with Crippen molar-refractivity contribution >= 4 is 5.97 Å². The van der Waals surface area contributed by atoms with Crippen LogP contribution in [0.25, 0.3) is 0 Å². The summed E-state index contributed by atoms with van der Waals surface area (Å²) in [6, 6.07) is 5.49. The van der Waals surface area contributed by atoms with Crippen molar-refractivity contribution in [2.75, 3.05) is 20.8 Å². The van der Waals surface area contributed by atoms with Gasteiger partial charge in [-0.2, -0.15) is 0 Å². The number of ether oxygens (including phenoxy) is 2. The summed E-state index contributed by atoms with van der Waals surface area (Å²) < 4.78 is 10.6. The van der Waals surface area contributed by atoms with Crippen molar-refractivity contribution in [3.63, 3.8) is 0 Å². The van der Waals surface area contributed by atoms with Crippen LogP contribution in [0.15, 0.2) is 18.2 Å². The monoisotopic (exact) mass is 295 g/mol. The molecular formula is C16H25NO4. The smallest absolute Gasteiger partial charge is 0.317 e. The quantitative estimate of drug-likeness (QED) is 0.874. The van der Waals surface area contributed by atoms with E-state index in [4.69, 9.17) is 14.6 Å². The van der Waals surface area contributed by atoms with E-state index >= 15 is 0 Å². The largest absolute Gasteiger partial charge is 0.497 e. The summed E-state index contributed by atoms with van der Waals surface area (Å²) in [5.74, 6) is 0.564. The molecule has 21 heavy (non-hydrogen) atoms. The molecule has 5 heteroatoms. The lowest BCUT2D eigenvalue weighted by Gasteiger charge is -2.39. The molecule has 1 atom stereocenters. The molecule has 0 aliphatic rings. The molecule has 0 spiro atoms. The van der Waals surface area contributed by atoms with Gasteiger partial charge >= 0.3 is 5.97 Å². The molecule has 0 heterocycles. The van der Waals surface area contributed by atoms with Gasteiger partial charge in [-0.3, -0.25) is 9.69 Å². The molecule has 0 radical (unpaired) electrons. The number of carboxylic acids is 1. The first-order valence-corrected chi connectivity index (χ1v) is 6.91. The van der Waals surface area contributed by atoms with E-state index < -0.39 is 5.97 Å². The van der Waals surface area contributed by atoms with E-state index in [0.717, 1.165) is 5.56 Å². The van der Waals surface area contributed by atoms with Crippen molar-refractivity contribution in [2.45, 2.75) is 39.3 Å². The van der Waals surface area contributed by atoms with E-state index in [1.54, 1.807) is 14.2 Å². The number of rotatable bonds is 6. The molecule has 1 aromatic carbocycles. The zero-order chi connectivity index (χ0) is 16.2. The maximum absolute atomic E-state index is 11.2. The number of hydrogen-bond donors (Lipinski definition) is 1. The number of benzene rings is 1. The number of nitrogens with zero attached hydrogens (tertiary/aromatic N) is 1. The number of aliphatic carboxylic acids is 1. The fraction of sp³-hybridized carbons (Fsp3) is 0.562. The fourth-order valence-corrected chi connectivity index (χ4v) is 2.43. The van der Waals surface area contributed by atoms with Crippen molar-refractivity contribution in [3.8, 4) is 11.5 Å². The number of methoxy groups -OCH3 is 2. The van der Waals surface area contributed by atoms with E-state index in [1.165, 1.54) is 0 Å². The van der Waals surface area contributed by atoms with Crippen LogP contribution in [0.1, 0.15) is 39.3 Å². The van der Waals surface area contributed by atoms with Gasteiger partial charge < -0.3 is 14.6 Å². The van der Waals surface area contributed by atoms with Crippen LogP contribution < -0.4 is 9.47 Å². The standard InChI is InChI=1S/C16H25NO4/c1-11(17(10-15(18)19)16(2,3)4)13-8-7-12(20-5)9-14(13)21-6/h7-9,11H,10H2,1-6H3,(H,18,19). The van der Waals surface area contributed by atoms with Gasteiger partial charge in [-0.25, -0.2) is 0 Å². The van der Waals surface area contributed by atoms with Gasteiger partial charge in [-0.15, -0.1) is 0 Å². The van der Waals surface area contributed by atoms with Crippen LogP contribution in [0.5, 0.6) is 11.5 Å². The lowest BCUT2D eigenvalue weighted by Crippen LogP contribution is -2.45. The molecule has 0 fully saturated rings. The van der Waals surface area contributed by atoms with Gasteiger partial charge in [0.25, 0.3) is 0 Å². The van der Waals surface area contributed by atoms with Gasteiger partial charge in [-0.05, 0) is 33.8 Å². The molecule has 0 aromatic heterocycles. The Bertz CT molecular complexity index is 494. The van der Waals surface area contributed by atoms with Gasteiger partial charge in [0, 0.05) is 23.2 Å². The third kappa shape index (κ3) is 4.36. The lowest BCUT2D eigenvalue weighted by molar-refractivity contribution is -0.140. The van der Waals surface area contributed by atoms with Crippen LogP contribution in [0.4, 0.5) is 0 Å². The second-order valence-corrected chi connectivity index (χ2v) is 5.98. The summed E-state index contributed by atoms with van der Waals surface area (Å²) in [6.07, 6.45) is 0. The number of carbonyl (C=O) groups is 1. The van der Waals surface area contributed by atoms with Crippen molar-refractivity contribution in [3.05, 3.63) is 23.8 Å². The van der Waals surface area contributed by atoms with E-state index in [0.29, 0.717) is 11.5 Å². The summed E-state index contributed by atoms with van der Waals surface area (Å²) >= 11 is 0. The highest BCUT2D eigenvalue weighted by molar-refractivity contribution is 5.69. The Morgan fingerprint density at radius 2 is 1.90 bits per heavy atom. The minimum absolute atomic E-state index is 0.0279. The average Bonchev–Trinajstić information content (AvgIpc) is 2.41. The predicted octanol–water partition coefficient (Wildman–Crippen LogP) is 2.95. The molecule has 5 nitrogen and oxygen atoms in total. The van der Waals surface area contributed by atoms with Crippen molar-refractivity contribution in [1.82, 2.24) is 4.90 Å². The van der Waals surface area contributed by atoms with Crippen molar-refractivity contribution < 1.29 is 19.4 Å². The summed E-state index contributed by atoms with van der Waals surface area (Å²) in [7, 11) is 3.20. The topological polar surface area (TPSA) is 59.0 Å². The maximum atomic E-state index is 11.2. The summed E-state index contributed by atoms with van der Waals surface area (Å²) in [5, 5.41) is 9.16. The van der Waals surface area contributed by atoms with Crippen molar-refractivity contribution in [2.24, 2.45) is 0 Å². The van der Waals surface area contributed by atoms with Gasteiger partial charge in [0.15, 0.2) is 0 Å². The van der Waals surface area contributed by atoms with Crippen LogP contribution in [-0.4, -0.2) is 42.3 Å². The van der Waals surface area contributed by atoms with Crippen LogP contribution in [0, 0.1) is 0 Å². The van der Waals surface area contributed by atoms with Gasteiger partial charge in [0.1, 0.15) is 11.5 Å². The van der Waals surface area contributed by atoms with Crippen LogP contribution in [-0.2, 0) is 4.79 Å². The third-order valence-corrected chi connectivity index (χ3v) is 3.53. The molecule has 0 aliphatic heterocycles. The fourth-order valence-electron chi connectivity index (χ4n) is 2.43. The molecular weight excluding hydrogens is 270 g/mol. The molecule has 1 unspecified atom stereocenters. The Kier molecular flexibility index (Phi) is 5.61. The normalized spacial score (nSPS) is 13.1. The molecule has 1 aromatic rings. The highest BCUT2D eigenvalue weighted by atomic mass is 16.5. The van der Waals surface area contributed by atoms with Crippen molar-refractivity contribution in [1.29, 1.82) is 0 Å². The SMILES string of the molecule is COc1ccc(C(C)N(CC(=O)O)C(C)(C)C)c(OC)c1. The maximum Gasteiger partial charge on any atom is 0.317 e. The second kappa shape index (κ2) is 6.80. The minimum atomic E-state index is -0.843. The first-order valence-electron chi connectivity index (χ1n) is 6.91. The molecule has 0 bridgehead atoms. The Hall–Kier alpha value is -1.75. The third-order valence-electron chi connectivity index (χ3n) is 3.53. The molecule has 1 N–H and O–H groups in total. The highest BCUT2D eigenvalue weighted by Crippen LogP contribution is 2.35. The summed E-state index contributed by atoms with van der Waals surface area (Å²) in [6.45, 7) is 7.96. The van der Waals surface area contributed by atoms with Crippen LogP contribution >= 0.6 is 0 Å². The predicted molar refractivity (Wildman–Crippen MR) is 82.1 cm³/mol. The molecule has 0 amide bonds. The molecule has 0 saturated heterocycles. The van der Waals surface area contributed by atoms with E-state index in [9.17, 15) is 4.79 Å². The number of hydrogen-bond acceptors (Lipinski definition) is 4. The molecule has 118 valence electrons. The van der Waals surface area contributed by atoms with Gasteiger partial charge in [0.05, 0.1) is 20.8 Å². The first-order chi connectivity index (χ1) is 9.70. The van der Waals surface area contributed by atoms with Gasteiger partial charge in [-0.1, -0.05) is 6.07 Å². The van der Waals surface area contributed by atoms with Crippen LogP contribution in [0.3, 0.4) is 0 Å². The first kappa shape index (κ1) is 17.3. The van der Waals surface area contributed by atoms with Crippen LogP contribution in [0.2, 0.25) is 0 Å². The Morgan fingerprint density at radius 1 is 1.29 bits per heavy atom. The Morgan fingerprint density at radius 3 is 2.33 bits per heavy atom. The second-order valence-electron chi connectivity index (χ2n) is 5.98. The average molecular weight is 295 g/mol. The molecule has 0 saturated carbocycles. The van der Waals surface area contributed by atoms with E-state index in [-0.39, 0.29) is 18.1 Å². The number of carboxylic acid groups (broad SMARTS) is 1. The minimum Gasteiger partial charge on any atom is -0.497 e.